The predicted molar refractivity (Wildman–Crippen MR) is 245 cm³/mol. The van der Waals surface area contributed by atoms with E-state index in [-0.39, 0.29) is 42.7 Å². The van der Waals surface area contributed by atoms with Crippen LogP contribution >= 0.6 is 0 Å². The fourth-order valence-electron chi connectivity index (χ4n) is 7.71. The van der Waals surface area contributed by atoms with Crippen LogP contribution in [0.15, 0.2) is 12.2 Å². The number of quaternary nitrogens is 1. The number of allylic oxidation sites excluding steroid dienone is 2. The minimum absolute atomic E-state index is 0.0450. The molecular formula is C51H97NO7. The second-order valence-corrected chi connectivity index (χ2v) is 18.4. The van der Waals surface area contributed by atoms with Gasteiger partial charge in [0.1, 0.15) is 12.6 Å². The maximum atomic E-state index is 12.8. The highest BCUT2D eigenvalue weighted by Gasteiger charge is 2.25. The van der Waals surface area contributed by atoms with Gasteiger partial charge in [0.15, 0.2) is 6.10 Å². The monoisotopic (exact) mass is 836 g/mol. The summed E-state index contributed by atoms with van der Waals surface area (Å²) in [6.45, 7) is 4.70. The second kappa shape index (κ2) is 42.7. The van der Waals surface area contributed by atoms with Crippen molar-refractivity contribution in [3.05, 3.63) is 12.2 Å². The van der Waals surface area contributed by atoms with E-state index in [2.05, 4.69) is 26.0 Å². The molecule has 0 aliphatic carbocycles. The molecule has 59 heavy (non-hydrogen) atoms. The Balaban J connectivity index is 4.24. The number of esters is 2. The molecule has 0 amide bonds. The molecule has 0 fully saturated rings. The molecule has 0 spiro atoms. The fourth-order valence-corrected chi connectivity index (χ4v) is 7.71. The number of hydrogen-bond donors (Lipinski definition) is 0. The minimum Gasteiger partial charge on any atom is -0.544 e. The Hall–Kier alpha value is -1.93. The Morgan fingerprint density at radius 1 is 0.492 bits per heavy atom. The van der Waals surface area contributed by atoms with Crippen molar-refractivity contribution in [1.29, 1.82) is 0 Å². The number of aliphatic carboxylic acids is 1. The molecule has 0 aromatic heterocycles. The first-order valence-corrected chi connectivity index (χ1v) is 25.2. The van der Waals surface area contributed by atoms with Crippen molar-refractivity contribution in [2.45, 2.75) is 257 Å². The predicted octanol–water partition coefficient (Wildman–Crippen LogP) is 12.9. The Bertz CT molecular complexity index is 978. The third-order valence-electron chi connectivity index (χ3n) is 11.7. The lowest BCUT2D eigenvalue weighted by Gasteiger charge is -2.34. The molecule has 0 saturated carbocycles. The number of likely N-dealkylation sites (N-methyl/N-ethyl adjacent to an activating group) is 1. The topological polar surface area (TPSA) is 102 Å². The molecule has 0 saturated heterocycles. The summed E-state index contributed by atoms with van der Waals surface area (Å²) in [6, 6.07) is -0.722. The number of unbranched alkanes of at least 4 members (excludes halogenated alkanes) is 30. The van der Waals surface area contributed by atoms with E-state index in [0.717, 1.165) is 38.5 Å². The molecule has 0 heterocycles. The average molecular weight is 836 g/mol. The van der Waals surface area contributed by atoms with Crippen LogP contribution in [0, 0.1) is 0 Å². The van der Waals surface area contributed by atoms with E-state index in [1.807, 2.05) is 21.1 Å². The van der Waals surface area contributed by atoms with Gasteiger partial charge in [-0.15, -0.1) is 0 Å². The van der Waals surface area contributed by atoms with Crippen LogP contribution in [0.2, 0.25) is 0 Å². The van der Waals surface area contributed by atoms with Crippen LogP contribution in [0.4, 0.5) is 0 Å². The molecule has 0 N–H and O–H groups in total. The van der Waals surface area contributed by atoms with Crippen molar-refractivity contribution >= 4 is 17.9 Å². The first-order valence-electron chi connectivity index (χ1n) is 25.2. The number of carboxylic acids is 1. The zero-order chi connectivity index (χ0) is 43.5. The fraction of sp³-hybridized carbons (Fsp3) is 0.902. The van der Waals surface area contributed by atoms with Gasteiger partial charge < -0.3 is 28.6 Å². The van der Waals surface area contributed by atoms with E-state index >= 15 is 0 Å². The van der Waals surface area contributed by atoms with Crippen LogP contribution in [-0.4, -0.2) is 75.5 Å². The Morgan fingerprint density at radius 3 is 1.22 bits per heavy atom. The largest absolute Gasteiger partial charge is 0.544 e. The zero-order valence-corrected chi connectivity index (χ0v) is 39.7. The van der Waals surface area contributed by atoms with Crippen molar-refractivity contribution in [2.75, 3.05) is 41.0 Å². The lowest BCUT2D eigenvalue weighted by molar-refractivity contribution is -0.889. The molecule has 0 rings (SSSR count). The molecular weight excluding hydrogens is 739 g/mol. The lowest BCUT2D eigenvalue weighted by atomic mass is 10.0. The summed E-state index contributed by atoms with van der Waals surface area (Å²) >= 11 is 0. The van der Waals surface area contributed by atoms with Crippen LogP contribution in [-0.2, 0) is 28.6 Å². The Labute approximate surface area is 365 Å². The van der Waals surface area contributed by atoms with Crippen LogP contribution in [0.5, 0.6) is 0 Å². The first-order chi connectivity index (χ1) is 28.6. The molecule has 8 nitrogen and oxygen atoms in total. The maximum Gasteiger partial charge on any atom is 0.306 e. The molecule has 348 valence electrons. The smallest absolute Gasteiger partial charge is 0.306 e. The van der Waals surface area contributed by atoms with Gasteiger partial charge in [0.25, 0.3) is 0 Å². The maximum absolute atomic E-state index is 12.8. The highest BCUT2D eigenvalue weighted by Crippen LogP contribution is 2.16. The Morgan fingerprint density at radius 2 is 0.847 bits per heavy atom. The van der Waals surface area contributed by atoms with E-state index in [1.165, 1.54) is 173 Å². The van der Waals surface area contributed by atoms with Gasteiger partial charge in [-0.1, -0.05) is 199 Å². The number of ether oxygens (including phenoxy) is 3. The van der Waals surface area contributed by atoms with E-state index in [4.69, 9.17) is 14.2 Å². The van der Waals surface area contributed by atoms with E-state index in [1.54, 1.807) is 0 Å². The van der Waals surface area contributed by atoms with E-state index < -0.39 is 18.1 Å². The van der Waals surface area contributed by atoms with Crippen LogP contribution in [0.3, 0.4) is 0 Å². The summed E-state index contributed by atoms with van der Waals surface area (Å²) < 4.78 is 17.2. The molecule has 0 radical (unpaired) electrons. The van der Waals surface area contributed by atoms with Crippen LogP contribution in [0.25, 0.3) is 0 Å². The van der Waals surface area contributed by atoms with Crippen molar-refractivity contribution in [1.82, 2.24) is 0 Å². The van der Waals surface area contributed by atoms with Gasteiger partial charge >= 0.3 is 11.9 Å². The lowest BCUT2D eigenvalue weighted by Crippen LogP contribution is -2.55. The van der Waals surface area contributed by atoms with Gasteiger partial charge in [0, 0.05) is 19.3 Å². The number of carbonyl (C=O) groups is 3. The number of carbonyl (C=O) groups excluding carboxylic acids is 3. The molecule has 2 atom stereocenters. The van der Waals surface area contributed by atoms with Gasteiger partial charge in [-0.05, 0) is 38.5 Å². The molecule has 8 heteroatoms. The third-order valence-corrected chi connectivity index (χ3v) is 11.7. The van der Waals surface area contributed by atoms with Crippen molar-refractivity contribution < 1.29 is 38.2 Å². The molecule has 0 aliphatic rings. The quantitative estimate of drug-likeness (QED) is 0.0260. The highest BCUT2D eigenvalue weighted by atomic mass is 16.6. The van der Waals surface area contributed by atoms with Crippen molar-refractivity contribution in [3.63, 3.8) is 0 Å². The molecule has 0 aromatic carbocycles. The molecule has 2 unspecified atom stereocenters. The summed E-state index contributed by atoms with van der Waals surface area (Å²) in [5.74, 6) is -1.72. The number of carboxylic acid groups (broad SMARTS) is 1. The summed E-state index contributed by atoms with van der Waals surface area (Å²) in [5, 5.41) is 11.6. The van der Waals surface area contributed by atoms with Crippen molar-refractivity contribution in [3.8, 4) is 0 Å². The number of nitrogens with zero attached hydrogens (tertiary/aromatic N) is 1. The van der Waals surface area contributed by atoms with Crippen LogP contribution in [0.1, 0.15) is 245 Å². The average Bonchev–Trinajstić information content (AvgIpc) is 3.19. The number of rotatable bonds is 46. The van der Waals surface area contributed by atoms with Crippen molar-refractivity contribution in [2.24, 2.45) is 0 Å². The van der Waals surface area contributed by atoms with Gasteiger partial charge in [0.2, 0.25) is 0 Å². The molecule has 0 aliphatic heterocycles. The molecule has 0 bridgehead atoms. The second-order valence-electron chi connectivity index (χ2n) is 18.4. The van der Waals surface area contributed by atoms with Crippen LogP contribution < -0.4 is 5.11 Å². The van der Waals surface area contributed by atoms with Gasteiger partial charge in [0.05, 0.1) is 40.3 Å². The normalized spacial score (nSPS) is 12.9. The summed E-state index contributed by atoms with van der Waals surface area (Å²) in [7, 11) is 5.42. The standard InChI is InChI=1S/C51H97NO7/c1-6-8-10-12-14-16-18-20-22-24-26-28-30-32-34-36-38-40-42-50(54)59-47(45-57-44-43-48(51(55)56)52(3,4)5)46-58-49(53)41-39-37-35-33-31-29-27-25-23-21-19-17-15-13-11-9-7-2/h22,24,47-48H,6-21,23,25-46H2,1-5H3/b24-22-. The molecule has 0 aromatic rings. The van der Waals surface area contributed by atoms with Gasteiger partial charge in [-0.2, -0.15) is 0 Å². The SMILES string of the molecule is CCCCCCCCC/C=C\CCCCCCCCCC(=O)OC(COCCC(C(=O)[O-])[N+](C)(C)C)COC(=O)CCCCCCCCCCCCCCCCCCC. The van der Waals surface area contributed by atoms with Gasteiger partial charge in [-0.3, -0.25) is 9.59 Å². The van der Waals surface area contributed by atoms with Gasteiger partial charge in [-0.25, -0.2) is 0 Å². The summed E-state index contributed by atoms with van der Waals surface area (Å²) in [4.78, 5) is 37.0. The minimum atomic E-state index is -1.12. The van der Waals surface area contributed by atoms with E-state index in [0.29, 0.717) is 12.8 Å². The highest BCUT2D eigenvalue weighted by molar-refractivity contribution is 5.70. The summed E-state index contributed by atoms with van der Waals surface area (Å²) in [6.07, 6.45) is 46.6. The Kier molecular flexibility index (Phi) is 41.3. The summed E-state index contributed by atoms with van der Waals surface area (Å²) in [5.41, 5.74) is 0. The van der Waals surface area contributed by atoms with E-state index in [9.17, 15) is 19.5 Å². The zero-order valence-electron chi connectivity index (χ0n) is 39.7. The first kappa shape index (κ1) is 57.1. The third kappa shape index (κ3) is 41.2. The number of hydrogen-bond acceptors (Lipinski definition) is 7.